The Labute approximate surface area is 103 Å². The van der Waals surface area contributed by atoms with Gasteiger partial charge in [0.25, 0.3) is 0 Å². The number of carbonyl (C=O) groups is 1. The molecule has 0 bridgehead atoms. The maximum absolute atomic E-state index is 11.6. The lowest BCUT2D eigenvalue weighted by molar-refractivity contribution is 0.0988. The highest BCUT2D eigenvalue weighted by molar-refractivity contribution is 7.84. The molecule has 1 aromatic carbocycles. The average Bonchev–Trinajstić information content (AvgIpc) is 2.28. The predicted octanol–water partition coefficient (Wildman–Crippen LogP) is 4.05. The average molecular weight is 234 g/mol. The van der Waals surface area contributed by atoms with Gasteiger partial charge in [0.15, 0.2) is 5.78 Å². The number of allylic oxidation sites excluding steroid dienone is 2. The van der Waals surface area contributed by atoms with Gasteiger partial charge in [-0.05, 0) is 30.4 Å². The van der Waals surface area contributed by atoms with Gasteiger partial charge in [-0.3, -0.25) is 4.79 Å². The Morgan fingerprint density at radius 1 is 1.31 bits per heavy atom. The molecule has 1 aromatic rings. The van der Waals surface area contributed by atoms with Crippen molar-refractivity contribution in [3.05, 3.63) is 45.9 Å². The van der Waals surface area contributed by atoms with Gasteiger partial charge in [0.05, 0.1) is 0 Å². The quantitative estimate of drug-likeness (QED) is 0.614. The van der Waals surface area contributed by atoms with Gasteiger partial charge in [0.2, 0.25) is 0 Å². The van der Waals surface area contributed by atoms with Gasteiger partial charge < -0.3 is 0 Å². The molecule has 0 aliphatic rings. The summed E-state index contributed by atoms with van der Waals surface area (Å²) in [5.74, 6) is 0.194. The van der Waals surface area contributed by atoms with Crippen molar-refractivity contribution in [1.82, 2.24) is 0 Å². The van der Waals surface area contributed by atoms with Gasteiger partial charge in [0.1, 0.15) is 0 Å². The van der Waals surface area contributed by atoms with Crippen molar-refractivity contribution in [3.63, 3.8) is 0 Å². The number of Topliss-reactive ketones (excluding diaryl/α,β-unsaturated/α-hetero) is 1. The minimum atomic E-state index is 0.194. The van der Waals surface area contributed by atoms with Crippen LogP contribution in [0.3, 0.4) is 0 Å². The zero-order chi connectivity index (χ0) is 12.1. The van der Waals surface area contributed by atoms with Crippen LogP contribution in [0, 0.1) is 0 Å². The van der Waals surface area contributed by atoms with Crippen LogP contribution < -0.4 is 0 Å². The highest BCUT2D eigenvalue weighted by atomic mass is 32.1. The number of benzene rings is 1. The van der Waals surface area contributed by atoms with E-state index in [0.29, 0.717) is 6.42 Å². The van der Waals surface area contributed by atoms with Crippen LogP contribution in [0.1, 0.15) is 43.1 Å². The monoisotopic (exact) mass is 234 g/mol. The summed E-state index contributed by atoms with van der Waals surface area (Å²) in [6.45, 7) is 5.97. The first-order chi connectivity index (χ1) is 7.54. The molecule has 16 heavy (non-hydrogen) atoms. The smallest absolute Gasteiger partial charge is 0.162 e. The first kappa shape index (κ1) is 13.0. The van der Waals surface area contributed by atoms with Crippen LogP contribution in [0.4, 0.5) is 0 Å². The van der Waals surface area contributed by atoms with Crippen LogP contribution in [-0.4, -0.2) is 5.78 Å². The van der Waals surface area contributed by atoms with Crippen LogP contribution in [0.2, 0.25) is 0 Å². The zero-order valence-corrected chi connectivity index (χ0v) is 11.0. The molecule has 0 unspecified atom stereocenters. The topological polar surface area (TPSA) is 17.1 Å². The Bertz CT molecular complexity index is 414. The van der Waals surface area contributed by atoms with Gasteiger partial charge in [-0.1, -0.05) is 30.7 Å². The molecule has 86 valence electrons. The first-order valence-electron chi connectivity index (χ1n) is 5.52. The Kier molecular flexibility index (Phi) is 4.81. The normalized spacial score (nSPS) is 10.0. The molecule has 0 fully saturated rings. The van der Waals surface area contributed by atoms with E-state index in [4.69, 9.17) is 0 Å². The van der Waals surface area contributed by atoms with Crippen molar-refractivity contribution in [2.24, 2.45) is 0 Å². The van der Waals surface area contributed by atoms with E-state index in [2.05, 4.69) is 12.6 Å². The Hall–Kier alpha value is -1.02. The van der Waals surface area contributed by atoms with Crippen molar-refractivity contribution in [2.45, 2.75) is 33.6 Å². The second kappa shape index (κ2) is 5.90. The molecule has 0 aromatic heterocycles. The third-order valence-electron chi connectivity index (χ3n) is 2.52. The lowest BCUT2D eigenvalue weighted by Gasteiger charge is -2.05. The van der Waals surface area contributed by atoms with Gasteiger partial charge in [-0.2, -0.15) is 0 Å². The summed E-state index contributed by atoms with van der Waals surface area (Å²) in [7, 11) is 0. The molecule has 0 atom stereocenters. The van der Waals surface area contributed by atoms with E-state index in [1.807, 2.05) is 45.0 Å². The summed E-state index contributed by atoms with van der Waals surface area (Å²) in [4.78, 5) is 12.6. The number of rotatable bonds is 4. The third kappa shape index (κ3) is 3.53. The van der Waals surface area contributed by atoms with E-state index in [1.165, 1.54) is 5.57 Å². The summed E-state index contributed by atoms with van der Waals surface area (Å²) in [6, 6.07) is 7.80. The summed E-state index contributed by atoms with van der Waals surface area (Å²) >= 11 is 4.44. The molecule has 1 rings (SSSR count). The lowest BCUT2D eigenvalue weighted by atomic mass is 10.0. The minimum absolute atomic E-state index is 0.194. The molecular formula is C14H18OS. The number of ketones is 1. The molecule has 0 amide bonds. The van der Waals surface area contributed by atoms with Gasteiger partial charge in [0, 0.05) is 18.4 Å². The number of hydrogen-bond donors (Lipinski definition) is 1. The van der Waals surface area contributed by atoms with Crippen LogP contribution in [0.25, 0.3) is 0 Å². The van der Waals surface area contributed by atoms with E-state index < -0.39 is 0 Å². The van der Waals surface area contributed by atoms with E-state index in [-0.39, 0.29) is 5.78 Å². The fraction of sp³-hybridized carbons (Fsp3) is 0.357. The van der Waals surface area contributed by atoms with Gasteiger partial charge >= 0.3 is 0 Å². The van der Waals surface area contributed by atoms with Crippen LogP contribution in [0.5, 0.6) is 0 Å². The van der Waals surface area contributed by atoms with Crippen molar-refractivity contribution in [2.75, 3.05) is 0 Å². The first-order valence-corrected chi connectivity index (χ1v) is 5.96. The van der Waals surface area contributed by atoms with E-state index >= 15 is 0 Å². The summed E-state index contributed by atoms with van der Waals surface area (Å²) in [5.41, 5.74) is 3.16. The highest BCUT2D eigenvalue weighted by Crippen LogP contribution is 2.17. The van der Waals surface area contributed by atoms with Crippen LogP contribution >= 0.6 is 12.6 Å². The van der Waals surface area contributed by atoms with Crippen LogP contribution in [0.15, 0.2) is 34.7 Å². The molecule has 0 saturated carbocycles. The number of thiol groups is 1. The maximum Gasteiger partial charge on any atom is 0.162 e. The van der Waals surface area contributed by atoms with Crippen molar-refractivity contribution >= 4 is 18.4 Å². The SMILES string of the molecule is CCC(=O)c1cccc(CC(S)=C(C)C)c1. The fourth-order valence-corrected chi connectivity index (χ4v) is 1.61. The summed E-state index contributed by atoms with van der Waals surface area (Å²) < 4.78 is 0. The van der Waals surface area contributed by atoms with Gasteiger partial charge in [-0.25, -0.2) is 0 Å². The number of carbonyl (C=O) groups excluding carboxylic acids is 1. The largest absolute Gasteiger partial charge is 0.294 e. The fourth-order valence-electron chi connectivity index (χ4n) is 1.43. The number of hydrogen-bond acceptors (Lipinski definition) is 2. The van der Waals surface area contributed by atoms with Crippen LogP contribution in [-0.2, 0) is 6.42 Å². The molecule has 0 N–H and O–H groups in total. The highest BCUT2D eigenvalue weighted by Gasteiger charge is 2.04. The lowest BCUT2D eigenvalue weighted by Crippen LogP contribution is -1.98. The van der Waals surface area contributed by atoms with E-state index in [1.54, 1.807) is 0 Å². The minimum Gasteiger partial charge on any atom is -0.294 e. The summed E-state index contributed by atoms with van der Waals surface area (Å²) in [6.07, 6.45) is 1.36. The molecule has 0 heterocycles. The van der Waals surface area contributed by atoms with E-state index in [0.717, 1.165) is 22.5 Å². The zero-order valence-electron chi connectivity index (χ0n) is 10.1. The maximum atomic E-state index is 11.6. The summed E-state index contributed by atoms with van der Waals surface area (Å²) in [5, 5.41) is 0. The molecule has 0 saturated heterocycles. The molecular weight excluding hydrogens is 216 g/mol. The van der Waals surface area contributed by atoms with Crippen molar-refractivity contribution in [3.8, 4) is 0 Å². The molecule has 0 aliphatic carbocycles. The standard InChI is InChI=1S/C14H18OS/c1-4-13(15)12-7-5-6-11(8-12)9-14(16)10(2)3/h5-8,16H,4,9H2,1-3H3. The Balaban J connectivity index is 2.91. The molecule has 2 heteroatoms. The molecule has 0 spiro atoms. The molecule has 1 nitrogen and oxygen atoms in total. The van der Waals surface area contributed by atoms with Crippen molar-refractivity contribution in [1.29, 1.82) is 0 Å². The third-order valence-corrected chi connectivity index (χ3v) is 3.12. The molecule has 0 radical (unpaired) electrons. The van der Waals surface area contributed by atoms with E-state index in [9.17, 15) is 4.79 Å². The molecule has 0 aliphatic heterocycles. The van der Waals surface area contributed by atoms with Crippen molar-refractivity contribution < 1.29 is 4.79 Å². The predicted molar refractivity (Wildman–Crippen MR) is 72.1 cm³/mol. The second-order valence-corrected chi connectivity index (χ2v) is 4.64. The Morgan fingerprint density at radius 2 is 2.00 bits per heavy atom. The second-order valence-electron chi connectivity index (χ2n) is 4.10. The van der Waals surface area contributed by atoms with Gasteiger partial charge in [-0.15, -0.1) is 12.6 Å². The Morgan fingerprint density at radius 3 is 2.56 bits per heavy atom.